The standard InChI is InChI=1S/C21H25ClN4O2/c1-15-11-24-19(13-23-15)21(28)26-10-4-5-16(14-26)8-9-20(27)25-12-17-6-2-3-7-18(17)22/h2-3,6-7,11,13,16H,4-5,8-10,12,14H2,1H3,(H,25,27)/t16-/m1/s1. The van der Waals surface area contributed by atoms with E-state index in [1.807, 2.05) is 36.1 Å². The van der Waals surface area contributed by atoms with Crippen molar-refractivity contribution >= 4 is 23.4 Å². The Morgan fingerprint density at radius 3 is 2.82 bits per heavy atom. The first-order valence-corrected chi connectivity index (χ1v) is 9.98. The number of nitrogens with one attached hydrogen (secondary N) is 1. The van der Waals surface area contributed by atoms with E-state index in [1.165, 1.54) is 6.20 Å². The molecule has 0 bridgehead atoms. The van der Waals surface area contributed by atoms with Gasteiger partial charge in [-0.25, -0.2) is 4.98 Å². The molecule has 2 amide bonds. The molecular weight excluding hydrogens is 376 g/mol. The fourth-order valence-electron chi connectivity index (χ4n) is 3.41. The molecule has 3 rings (SSSR count). The quantitative estimate of drug-likeness (QED) is 0.806. The molecule has 0 radical (unpaired) electrons. The Labute approximate surface area is 170 Å². The summed E-state index contributed by atoms with van der Waals surface area (Å²) in [6, 6.07) is 7.49. The van der Waals surface area contributed by atoms with E-state index in [2.05, 4.69) is 15.3 Å². The van der Waals surface area contributed by atoms with Crippen molar-refractivity contribution in [1.82, 2.24) is 20.2 Å². The predicted molar refractivity (Wildman–Crippen MR) is 108 cm³/mol. The number of aryl methyl sites for hydroxylation is 1. The van der Waals surface area contributed by atoms with Crippen LogP contribution in [0.3, 0.4) is 0 Å². The van der Waals surface area contributed by atoms with E-state index in [-0.39, 0.29) is 11.8 Å². The smallest absolute Gasteiger partial charge is 0.274 e. The molecular formula is C21H25ClN4O2. The summed E-state index contributed by atoms with van der Waals surface area (Å²) in [4.78, 5) is 35.0. The van der Waals surface area contributed by atoms with E-state index in [0.29, 0.717) is 36.1 Å². The molecule has 1 saturated heterocycles. The van der Waals surface area contributed by atoms with Crippen molar-refractivity contribution in [2.45, 2.75) is 39.2 Å². The molecule has 7 heteroatoms. The van der Waals surface area contributed by atoms with Crippen molar-refractivity contribution in [3.05, 3.63) is 58.6 Å². The molecule has 0 saturated carbocycles. The van der Waals surface area contributed by atoms with Gasteiger partial charge in [0.15, 0.2) is 0 Å². The Kier molecular flexibility index (Phi) is 6.98. The van der Waals surface area contributed by atoms with Crippen LogP contribution in [0.15, 0.2) is 36.7 Å². The number of halogens is 1. The third-order valence-corrected chi connectivity index (χ3v) is 5.39. The molecule has 1 aliphatic rings. The fourth-order valence-corrected chi connectivity index (χ4v) is 3.61. The second kappa shape index (κ2) is 9.64. The molecule has 148 valence electrons. The van der Waals surface area contributed by atoms with Crippen LogP contribution in [0.1, 0.15) is 47.4 Å². The summed E-state index contributed by atoms with van der Waals surface area (Å²) >= 11 is 6.11. The first-order chi connectivity index (χ1) is 13.5. The summed E-state index contributed by atoms with van der Waals surface area (Å²) in [5.41, 5.74) is 2.07. The van der Waals surface area contributed by atoms with Crippen LogP contribution >= 0.6 is 11.6 Å². The monoisotopic (exact) mass is 400 g/mol. The van der Waals surface area contributed by atoms with Gasteiger partial charge in [0.25, 0.3) is 5.91 Å². The van der Waals surface area contributed by atoms with Crippen LogP contribution in [0.2, 0.25) is 5.02 Å². The number of likely N-dealkylation sites (tertiary alicyclic amines) is 1. The number of carbonyl (C=O) groups is 2. The first kappa shape index (κ1) is 20.3. The SMILES string of the molecule is Cc1cnc(C(=O)N2CCC[C@H](CCC(=O)NCc3ccccc3Cl)C2)cn1. The zero-order valence-electron chi connectivity index (χ0n) is 16.0. The highest BCUT2D eigenvalue weighted by atomic mass is 35.5. The van der Waals surface area contributed by atoms with Crippen LogP contribution in [0.4, 0.5) is 0 Å². The Hall–Kier alpha value is -2.47. The summed E-state index contributed by atoms with van der Waals surface area (Å²) in [6.45, 7) is 3.66. The minimum absolute atomic E-state index is 0.00720. The average molecular weight is 401 g/mol. The largest absolute Gasteiger partial charge is 0.352 e. The normalized spacial score (nSPS) is 16.6. The third kappa shape index (κ3) is 5.52. The van der Waals surface area contributed by atoms with Crippen LogP contribution in [0.25, 0.3) is 0 Å². The lowest BCUT2D eigenvalue weighted by Gasteiger charge is -2.32. The maximum atomic E-state index is 12.6. The zero-order valence-corrected chi connectivity index (χ0v) is 16.8. The van der Waals surface area contributed by atoms with Crippen molar-refractivity contribution in [1.29, 1.82) is 0 Å². The molecule has 1 N–H and O–H groups in total. The summed E-state index contributed by atoms with van der Waals surface area (Å²) in [5, 5.41) is 3.58. The highest BCUT2D eigenvalue weighted by molar-refractivity contribution is 6.31. The van der Waals surface area contributed by atoms with Gasteiger partial charge in [0, 0.05) is 37.3 Å². The number of aromatic nitrogens is 2. The number of benzene rings is 1. The van der Waals surface area contributed by atoms with Gasteiger partial charge in [-0.05, 0) is 43.7 Å². The van der Waals surface area contributed by atoms with Gasteiger partial charge in [0.1, 0.15) is 5.69 Å². The Morgan fingerprint density at radius 1 is 1.25 bits per heavy atom. The van der Waals surface area contributed by atoms with Crippen molar-refractivity contribution < 1.29 is 9.59 Å². The van der Waals surface area contributed by atoms with E-state index >= 15 is 0 Å². The molecule has 1 fully saturated rings. The van der Waals surface area contributed by atoms with Gasteiger partial charge >= 0.3 is 0 Å². The van der Waals surface area contributed by atoms with Crippen molar-refractivity contribution in [2.75, 3.05) is 13.1 Å². The number of amides is 2. The van der Waals surface area contributed by atoms with Gasteiger partial charge in [-0.3, -0.25) is 14.6 Å². The lowest BCUT2D eigenvalue weighted by Crippen LogP contribution is -2.40. The maximum absolute atomic E-state index is 12.6. The number of carbonyl (C=O) groups excluding carboxylic acids is 2. The minimum atomic E-state index is -0.0830. The summed E-state index contributed by atoms with van der Waals surface area (Å²) in [6.07, 6.45) is 6.32. The molecule has 1 atom stereocenters. The maximum Gasteiger partial charge on any atom is 0.274 e. The average Bonchev–Trinajstić information content (AvgIpc) is 2.72. The second-order valence-corrected chi connectivity index (χ2v) is 7.62. The van der Waals surface area contributed by atoms with Gasteiger partial charge in [0.2, 0.25) is 5.91 Å². The molecule has 2 aromatic rings. The molecule has 1 aromatic heterocycles. The van der Waals surface area contributed by atoms with E-state index in [1.54, 1.807) is 6.20 Å². The van der Waals surface area contributed by atoms with Gasteiger partial charge in [-0.1, -0.05) is 29.8 Å². The van der Waals surface area contributed by atoms with E-state index in [9.17, 15) is 9.59 Å². The second-order valence-electron chi connectivity index (χ2n) is 7.21. The van der Waals surface area contributed by atoms with E-state index in [0.717, 1.165) is 37.1 Å². The molecule has 6 nitrogen and oxygen atoms in total. The topological polar surface area (TPSA) is 75.2 Å². The Balaban J connectivity index is 1.45. The summed E-state index contributed by atoms with van der Waals surface area (Å²) in [5.74, 6) is 0.246. The molecule has 28 heavy (non-hydrogen) atoms. The van der Waals surface area contributed by atoms with Gasteiger partial charge in [0.05, 0.1) is 11.9 Å². The zero-order chi connectivity index (χ0) is 19.9. The predicted octanol–water partition coefficient (Wildman–Crippen LogP) is 3.39. The Bertz CT molecular complexity index is 825. The highest BCUT2D eigenvalue weighted by Gasteiger charge is 2.25. The number of hydrogen-bond acceptors (Lipinski definition) is 4. The number of nitrogens with zero attached hydrogens (tertiary/aromatic N) is 3. The van der Waals surface area contributed by atoms with E-state index < -0.39 is 0 Å². The number of hydrogen-bond donors (Lipinski definition) is 1. The molecule has 2 heterocycles. The van der Waals surface area contributed by atoms with Crippen LogP contribution < -0.4 is 5.32 Å². The first-order valence-electron chi connectivity index (χ1n) is 9.61. The van der Waals surface area contributed by atoms with Gasteiger partial charge < -0.3 is 10.2 Å². The van der Waals surface area contributed by atoms with Gasteiger partial charge in [-0.2, -0.15) is 0 Å². The van der Waals surface area contributed by atoms with Crippen molar-refractivity contribution in [3.8, 4) is 0 Å². The molecule has 1 aromatic carbocycles. The third-order valence-electron chi connectivity index (χ3n) is 5.02. The summed E-state index contributed by atoms with van der Waals surface area (Å²) in [7, 11) is 0. The lowest BCUT2D eigenvalue weighted by atomic mass is 9.93. The highest BCUT2D eigenvalue weighted by Crippen LogP contribution is 2.22. The van der Waals surface area contributed by atoms with Gasteiger partial charge in [-0.15, -0.1) is 0 Å². The van der Waals surface area contributed by atoms with Crippen LogP contribution in [-0.2, 0) is 11.3 Å². The fraction of sp³-hybridized carbons (Fsp3) is 0.429. The molecule has 1 aliphatic heterocycles. The van der Waals surface area contributed by atoms with Crippen LogP contribution in [0, 0.1) is 12.8 Å². The Morgan fingerprint density at radius 2 is 2.07 bits per heavy atom. The molecule has 0 spiro atoms. The van der Waals surface area contributed by atoms with Crippen molar-refractivity contribution in [3.63, 3.8) is 0 Å². The summed E-state index contributed by atoms with van der Waals surface area (Å²) < 4.78 is 0. The van der Waals surface area contributed by atoms with E-state index in [4.69, 9.17) is 11.6 Å². The van der Waals surface area contributed by atoms with Crippen LogP contribution in [-0.4, -0.2) is 39.8 Å². The lowest BCUT2D eigenvalue weighted by molar-refractivity contribution is -0.121. The molecule has 0 aliphatic carbocycles. The minimum Gasteiger partial charge on any atom is -0.352 e. The number of rotatable bonds is 6. The molecule has 0 unspecified atom stereocenters. The number of piperidine rings is 1. The van der Waals surface area contributed by atoms with Crippen LogP contribution in [0.5, 0.6) is 0 Å². The van der Waals surface area contributed by atoms with Crippen molar-refractivity contribution in [2.24, 2.45) is 5.92 Å².